The van der Waals surface area contributed by atoms with Gasteiger partial charge in [0.05, 0.1) is 12.7 Å². The van der Waals surface area contributed by atoms with Gasteiger partial charge in [0.2, 0.25) is 0 Å². The number of ether oxygens (including phenoxy) is 1. The minimum atomic E-state index is -0.610. The molecule has 0 heterocycles. The number of urea groups is 1. The second-order valence-corrected chi connectivity index (χ2v) is 4.19. The van der Waals surface area contributed by atoms with Crippen molar-refractivity contribution in [3.05, 3.63) is 29.6 Å². The molecule has 0 aliphatic rings. The Morgan fingerprint density at radius 2 is 2.26 bits per heavy atom. The maximum Gasteiger partial charge on any atom is 0.319 e. The van der Waals surface area contributed by atoms with Crippen LogP contribution in [-0.2, 0) is 4.74 Å². The summed E-state index contributed by atoms with van der Waals surface area (Å²) in [6.45, 7) is 2.13. The molecule has 106 valence electrons. The van der Waals surface area contributed by atoms with Gasteiger partial charge in [0, 0.05) is 24.9 Å². The predicted octanol–water partition coefficient (Wildman–Crippen LogP) is 1.65. The smallest absolute Gasteiger partial charge is 0.319 e. The second kappa shape index (κ2) is 7.70. The molecule has 1 rings (SSSR count). The number of aliphatic hydroxyl groups is 1. The van der Waals surface area contributed by atoms with E-state index in [9.17, 15) is 14.3 Å². The van der Waals surface area contributed by atoms with Gasteiger partial charge in [0.15, 0.2) is 0 Å². The molecule has 3 N–H and O–H groups in total. The van der Waals surface area contributed by atoms with Crippen LogP contribution in [0.5, 0.6) is 0 Å². The lowest BCUT2D eigenvalue weighted by atomic mass is 10.2. The van der Waals surface area contributed by atoms with Crippen LogP contribution >= 0.6 is 0 Å². The summed E-state index contributed by atoms with van der Waals surface area (Å²) < 4.78 is 18.0. The molecule has 0 bridgehead atoms. The fraction of sp³-hybridized carbons (Fsp3) is 0.462. The second-order valence-electron chi connectivity index (χ2n) is 4.19. The van der Waals surface area contributed by atoms with Crippen LogP contribution in [0.2, 0.25) is 0 Å². The van der Waals surface area contributed by atoms with E-state index in [1.807, 2.05) is 0 Å². The number of hydrogen-bond acceptors (Lipinski definition) is 3. The van der Waals surface area contributed by atoms with Crippen molar-refractivity contribution < 1.29 is 19.0 Å². The number of benzene rings is 1. The van der Waals surface area contributed by atoms with Crippen LogP contribution in [0.1, 0.15) is 12.0 Å². The highest BCUT2D eigenvalue weighted by Crippen LogP contribution is 2.16. The van der Waals surface area contributed by atoms with E-state index in [1.54, 1.807) is 13.0 Å². The highest BCUT2D eigenvalue weighted by atomic mass is 19.1. The molecule has 0 aliphatic carbocycles. The predicted molar refractivity (Wildman–Crippen MR) is 70.7 cm³/mol. The molecule has 0 radical (unpaired) electrons. The van der Waals surface area contributed by atoms with Gasteiger partial charge in [-0.25, -0.2) is 9.18 Å². The Morgan fingerprint density at radius 3 is 2.95 bits per heavy atom. The van der Waals surface area contributed by atoms with Gasteiger partial charge in [0.25, 0.3) is 0 Å². The molecule has 1 unspecified atom stereocenters. The average Bonchev–Trinajstić information content (AvgIpc) is 2.35. The highest BCUT2D eigenvalue weighted by molar-refractivity contribution is 5.90. The van der Waals surface area contributed by atoms with Crippen molar-refractivity contribution in [1.29, 1.82) is 0 Å². The summed E-state index contributed by atoms with van der Waals surface area (Å²) >= 11 is 0. The van der Waals surface area contributed by atoms with Crippen molar-refractivity contribution in [2.24, 2.45) is 0 Å². The molecular formula is C13H19FN2O3. The van der Waals surface area contributed by atoms with Crippen LogP contribution in [0.25, 0.3) is 0 Å². The molecular weight excluding hydrogens is 251 g/mol. The molecule has 2 amide bonds. The van der Waals surface area contributed by atoms with E-state index in [-0.39, 0.29) is 12.4 Å². The van der Waals surface area contributed by atoms with Crippen LogP contribution < -0.4 is 10.6 Å². The van der Waals surface area contributed by atoms with Gasteiger partial charge >= 0.3 is 6.03 Å². The van der Waals surface area contributed by atoms with Gasteiger partial charge < -0.3 is 20.5 Å². The number of amides is 2. The first-order chi connectivity index (χ1) is 9.04. The van der Waals surface area contributed by atoms with E-state index in [4.69, 9.17) is 4.74 Å². The van der Waals surface area contributed by atoms with Crippen molar-refractivity contribution in [2.75, 3.05) is 25.6 Å². The lowest BCUT2D eigenvalue weighted by Crippen LogP contribution is -2.32. The first-order valence-electron chi connectivity index (χ1n) is 6.01. The summed E-state index contributed by atoms with van der Waals surface area (Å²) in [7, 11) is 1.50. The summed E-state index contributed by atoms with van der Waals surface area (Å²) in [4.78, 5) is 11.6. The fourth-order valence-electron chi connectivity index (χ4n) is 1.54. The summed E-state index contributed by atoms with van der Waals surface area (Å²) in [6, 6.07) is 4.05. The number of carbonyl (C=O) groups is 1. The first-order valence-corrected chi connectivity index (χ1v) is 6.01. The zero-order chi connectivity index (χ0) is 14.3. The first kappa shape index (κ1) is 15.4. The van der Waals surface area contributed by atoms with Crippen LogP contribution in [-0.4, -0.2) is 37.5 Å². The van der Waals surface area contributed by atoms with E-state index < -0.39 is 12.1 Å². The Balaban J connectivity index is 2.37. The molecule has 0 aliphatic heterocycles. The number of hydrogen-bond donors (Lipinski definition) is 3. The lowest BCUT2D eigenvalue weighted by Gasteiger charge is -2.12. The standard InChI is InChI=1S/C13H19FN2O3/c1-9-11(14)4-3-5-12(9)16-13(18)15-7-6-10(17)8-19-2/h3-5,10,17H,6-8H2,1-2H3,(H2,15,16,18). The number of anilines is 1. The molecule has 19 heavy (non-hydrogen) atoms. The van der Waals surface area contributed by atoms with Gasteiger partial charge in [-0.3, -0.25) is 0 Å². The quantitative estimate of drug-likeness (QED) is 0.736. The van der Waals surface area contributed by atoms with E-state index in [2.05, 4.69) is 10.6 Å². The zero-order valence-corrected chi connectivity index (χ0v) is 11.1. The van der Waals surface area contributed by atoms with E-state index >= 15 is 0 Å². The number of aliphatic hydroxyl groups excluding tert-OH is 1. The number of halogens is 1. The molecule has 0 saturated heterocycles. The zero-order valence-electron chi connectivity index (χ0n) is 11.1. The van der Waals surface area contributed by atoms with Crippen LogP contribution in [0, 0.1) is 12.7 Å². The minimum absolute atomic E-state index is 0.228. The lowest BCUT2D eigenvalue weighted by molar-refractivity contribution is 0.0599. The SMILES string of the molecule is COCC(O)CCNC(=O)Nc1cccc(F)c1C. The topological polar surface area (TPSA) is 70.6 Å². The summed E-state index contributed by atoms with van der Waals surface area (Å²) in [5.74, 6) is -0.367. The Hall–Kier alpha value is -1.66. The van der Waals surface area contributed by atoms with E-state index in [0.717, 1.165) is 0 Å². The van der Waals surface area contributed by atoms with Gasteiger partial charge in [-0.1, -0.05) is 6.07 Å². The highest BCUT2D eigenvalue weighted by Gasteiger charge is 2.08. The van der Waals surface area contributed by atoms with Crippen LogP contribution in [0.15, 0.2) is 18.2 Å². The van der Waals surface area contributed by atoms with E-state index in [0.29, 0.717) is 24.2 Å². The summed E-state index contributed by atoms with van der Waals surface area (Å²) in [6.07, 6.45) is -0.218. The molecule has 0 spiro atoms. The Labute approximate surface area is 111 Å². The van der Waals surface area contributed by atoms with Crippen LogP contribution in [0.3, 0.4) is 0 Å². The molecule has 5 nitrogen and oxygen atoms in total. The maximum atomic E-state index is 13.3. The molecule has 1 aromatic carbocycles. The molecule has 0 saturated carbocycles. The van der Waals surface area contributed by atoms with E-state index in [1.165, 1.54) is 19.2 Å². The Bertz CT molecular complexity index is 426. The Kier molecular flexibility index (Phi) is 6.24. The largest absolute Gasteiger partial charge is 0.391 e. The molecule has 0 fully saturated rings. The molecule has 1 atom stereocenters. The third-order valence-electron chi connectivity index (χ3n) is 2.64. The fourth-order valence-corrected chi connectivity index (χ4v) is 1.54. The minimum Gasteiger partial charge on any atom is -0.391 e. The van der Waals surface area contributed by atoms with Crippen molar-refractivity contribution >= 4 is 11.7 Å². The monoisotopic (exact) mass is 270 g/mol. The van der Waals surface area contributed by atoms with Gasteiger partial charge in [0.1, 0.15) is 5.82 Å². The van der Waals surface area contributed by atoms with Crippen molar-refractivity contribution in [3.63, 3.8) is 0 Å². The van der Waals surface area contributed by atoms with Crippen LogP contribution in [0.4, 0.5) is 14.9 Å². The summed E-state index contributed by atoms with van der Waals surface area (Å²) in [5.41, 5.74) is 0.812. The van der Waals surface area contributed by atoms with Crippen molar-refractivity contribution in [1.82, 2.24) is 5.32 Å². The molecule has 0 aromatic heterocycles. The third kappa shape index (κ3) is 5.23. The number of carbonyl (C=O) groups excluding carboxylic acids is 1. The Morgan fingerprint density at radius 1 is 1.53 bits per heavy atom. The maximum absolute atomic E-state index is 13.3. The van der Waals surface area contributed by atoms with Gasteiger partial charge in [-0.05, 0) is 25.5 Å². The summed E-state index contributed by atoms with van der Waals surface area (Å²) in [5, 5.41) is 14.5. The van der Waals surface area contributed by atoms with Crippen molar-refractivity contribution in [3.8, 4) is 0 Å². The molecule has 6 heteroatoms. The van der Waals surface area contributed by atoms with Gasteiger partial charge in [-0.15, -0.1) is 0 Å². The average molecular weight is 270 g/mol. The van der Waals surface area contributed by atoms with Gasteiger partial charge in [-0.2, -0.15) is 0 Å². The third-order valence-corrected chi connectivity index (χ3v) is 2.64. The molecule has 1 aromatic rings. The number of nitrogens with one attached hydrogen (secondary N) is 2. The number of methoxy groups -OCH3 is 1. The number of rotatable bonds is 6. The van der Waals surface area contributed by atoms with Crippen molar-refractivity contribution in [2.45, 2.75) is 19.4 Å². The normalized spacial score (nSPS) is 12.0.